The summed E-state index contributed by atoms with van der Waals surface area (Å²) in [6.07, 6.45) is -6.18. The number of methoxy groups -OCH3 is 1. The second-order valence-corrected chi connectivity index (χ2v) is 17.8. The van der Waals surface area contributed by atoms with Gasteiger partial charge in [0.2, 0.25) is 11.6 Å². The molecule has 0 spiro atoms. The van der Waals surface area contributed by atoms with E-state index in [-0.39, 0.29) is 63.1 Å². The number of hydrogen-bond acceptors (Lipinski definition) is 17. The number of carbonyl (C=O) groups excluding carboxylic acids is 4. The quantitative estimate of drug-likeness (QED) is 0.0399. The van der Waals surface area contributed by atoms with Crippen LogP contribution in [0.25, 0.3) is 43.6 Å². The highest BCUT2D eigenvalue weighted by atomic mass is 35.5. The molecule has 2 aromatic heterocycles. The molecule has 5 aromatic carbocycles. The lowest BCUT2D eigenvalue weighted by atomic mass is 9.81. The van der Waals surface area contributed by atoms with E-state index >= 15 is 0 Å². The van der Waals surface area contributed by atoms with Gasteiger partial charge < -0.3 is 76.0 Å². The fourth-order valence-corrected chi connectivity index (χ4v) is 10.3. The van der Waals surface area contributed by atoms with E-state index in [0.717, 1.165) is 0 Å². The van der Waals surface area contributed by atoms with Crippen molar-refractivity contribution in [3.8, 4) is 11.5 Å². The first-order valence-corrected chi connectivity index (χ1v) is 23.4. The van der Waals surface area contributed by atoms with Crippen LogP contribution in [0.1, 0.15) is 58.8 Å². The molecule has 10 rings (SSSR count). The van der Waals surface area contributed by atoms with Gasteiger partial charge in [-0.05, 0) is 36.4 Å². The monoisotopic (exact) mass is 1010 g/mol. The minimum absolute atomic E-state index is 0.00939. The highest BCUT2D eigenvalue weighted by Crippen LogP contribution is 2.48. The van der Waals surface area contributed by atoms with Crippen molar-refractivity contribution >= 4 is 102 Å². The molecule has 5 atom stereocenters. The van der Waals surface area contributed by atoms with Gasteiger partial charge in [-0.1, -0.05) is 47.5 Å². The van der Waals surface area contributed by atoms with Crippen LogP contribution in [-0.4, -0.2) is 159 Å². The third-order valence-electron chi connectivity index (χ3n) is 12.9. The molecule has 3 aliphatic rings. The average Bonchev–Trinajstić information content (AvgIpc) is 4.01. The predicted octanol–water partition coefficient (Wildman–Crippen LogP) is 3.11. The number of nitrogens with one attached hydrogen (secondary N) is 6. The first-order valence-electron chi connectivity index (χ1n) is 22.6. The minimum atomic E-state index is -1.51. The number of H-pyrrole nitrogens is 1. The number of aromatic amines is 1. The third kappa shape index (κ3) is 8.39. The maximum atomic E-state index is 13.4. The van der Waals surface area contributed by atoms with Crippen LogP contribution >= 0.6 is 23.2 Å². The fraction of sp³-hybridized carbons (Fsp3) is 0.306. The summed E-state index contributed by atoms with van der Waals surface area (Å²) in [4.78, 5) is 56.5. The third-order valence-corrected chi connectivity index (χ3v) is 13.5. The number of phenolic OH excluding ortho intramolecular Hbond substituents is 2. The number of ether oxygens (including phenoxy) is 2. The molecule has 71 heavy (non-hydrogen) atoms. The standard InChI is InChI=1S/C27H21Cl2N3O7.C22H28N4O6/c1-38-24-13(8-33)39-27(23(35)22(24)34)32-20-10(5-3-7-12(20)29)15-17-16(25(36)31-26(17)37)14-9-4-2-6-11(28)18(9)30-19(14)21(15)32;27-11-9-23-5-7-25-13-1-2-14(26-8-6-24-10-12-28)18-17(13)21(31)19-15(29)3-4-16(30)20(19)22(18)32/h2-7,13,22-24,27,30,33-35H,8H2,1H3,(H,31,36,37);1-4,23-30H,5-12H2/t13-,22-,23-,24-,27-;/m1./s1. The van der Waals surface area contributed by atoms with Crippen LogP contribution in [0.15, 0.2) is 60.7 Å². The number of nitrogens with zero attached hydrogens (tertiary/aromatic N) is 1. The van der Waals surface area contributed by atoms with Gasteiger partial charge in [-0.2, -0.15) is 0 Å². The van der Waals surface area contributed by atoms with Gasteiger partial charge in [0.25, 0.3) is 11.8 Å². The van der Waals surface area contributed by atoms with Gasteiger partial charge in [-0.3, -0.25) is 24.5 Å². The number of amides is 2. The topological polar surface area (TPSA) is 309 Å². The Bertz CT molecular complexity index is 3210. The van der Waals surface area contributed by atoms with Crippen molar-refractivity contribution in [1.29, 1.82) is 0 Å². The number of carbonyl (C=O) groups is 4. The second-order valence-electron chi connectivity index (χ2n) is 17.0. The van der Waals surface area contributed by atoms with Crippen LogP contribution in [0.4, 0.5) is 11.4 Å². The first-order chi connectivity index (χ1) is 34.3. The van der Waals surface area contributed by atoms with Crippen molar-refractivity contribution in [1.82, 2.24) is 25.5 Å². The number of fused-ring (bicyclic) bond motifs is 12. The van der Waals surface area contributed by atoms with E-state index in [9.17, 15) is 44.7 Å². The number of aromatic nitrogens is 2. The van der Waals surface area contributed by atoms with E-state index in [1.807, 2.05) is 0 Å². The summed E-state index contributed by atoms with van der Waals surface area (Å²) in [6.45, 7) is 2.32. The number of aromatic hydroxyl groups is 2. The van der Waals surface area contributed by atoms with E-state index in [2.05, 4.69) is 31.6 Å². The largest absolute Gasteiger partial charge is 0.507 e. The Labute approximate surface area is 413 Å². The maximum absolute atomic E-state index is 13.4. The SMILES string of the molecule is CO[C@H]1[C@H](O)[C@@H](O)[C@H](n2c3c(Cl)cccc3c3c4c(c5c6cccc(Cl)c6[nH]c5c32)C(=O)NC4=O)O[C@@H]1CO.O=C1c2c(O)ccc(O)c2C(=O)c2c(NCCNCCO)ccc(NCCNCCO)c21. The number of anilines is 2. The number of ketones is 2. The van der Waals surface area contributed by atoms with Crippen molar-refractivity contribution in [3.63, 3.8) is 0 Å². The summed E-state index contributed by atoms with van der Waals surface area (Å²) < 4.78 is 13.1. The van der Waals surface area contributed by atoms with E-state index in [1.54, 1.807) is 53.1 Å². The van der Waals surface area contributed by atoms with Crippen molar-refractivity contribution in [2.75, 3.05) is 76.8 Å². The molecule has 0 saturated carbocycles. The Morgan fingerprint density at radius 2 is 1.18 bits per heavy atom. The molecule has 372 valence electrons. The normalized spacial score (nSPS) is 19.5. The summed E-state index contributed by atoms with van der Waals surface area (Å²) in [5.41, 5.74) is 2.87. The van der Waals surface area contributed by atoms with Gasteiger partial charge in [0.05, 0.1) is 85.3 Å². The molecule has 1 saturated heterocycles. The average molecular weight is 1010 g/mol. The van der Waals surface area contributed by atoms with Gasteiger partial charge >= 0.3 is 0 Å². The summed E-state index contributed by atoms with van der Waals surface area (Å²) in [6, 6.07) is 16.1. The molecule has 0 bridgehead atoms. The lowest BCUT2D eigenvalue weighted by Gasteiger charge is -2.42. The number of benzene rings is 5. The molecule has 0 unspecified atom stereocenters. The van der Waals surface area contributed by atoms with Crippen molar-refractivity contribution in [3.05, 3.63) is 104 Å². The molecule has 1 aliphatic carbocycles. The van der Waals surface area contributed by atoms with Gasteiger partial charge in [-0.25, -0.2) is 0 Å². The number of aliphatic hydroxyl groups is 5. The lowest BCUT2D eigenvalue weighted by molar-refractivity contribution is -0.255. The Hall–Kier alpha value is -6.40. The Balaban J connectivity index is 0.000000180. The summed E-state index contributed by atoms with van der Waals surface area (Å²) in [5, 5.41) is 88.0. The van der Waals surface area contributed by atoms with Crippen LogP contribution in [0, 0.1) is 0 Å². The molecular weight excluding hydrogens is 965 g/mol. The molecule has 22 heteroatoms. The van der Waals surface area contributed by atoms with Crippen molar-refractivity contribution in [2.45, 2.75) is 30.6 Å². The lowest BCUT2D eigenvalue weighted by Crippen LogP contribution is -2.57. The van der Waals surface area contributed by atoms with Crippen molar-refractivity contribution in [2.24, 2.45) is 0 Å². The fourth-order valence-electron chi connectivity index (χ4n) is 9.84. The molecule has 0 radical (unpaired) electrons. The smallest absolute Gasteiger partial charge is 0.259 e. The maximum Gasteiger partial charge on any atom is 0.259 e. The predicted molar refractivity (Wildman–Crippen MR) is 264 cm³/mol. The number of halogens is 2. The molecular formula is C49H49Cl2N7O13. The van der Waals surface area contributed by atoms with Crippen LogP contribution in [0.2, 0.25) is 10.0 Å². The van der Waals surface area contributed by atoms with Crippen molar-refractivity contribution < 1.29 is 64.4 Å². The van der Waals surface area contributed by atoms with Crippen LogP contribution in [-0.2, 0) is 9.47 Å². The molecule has 2 amide bonds. The van der Waals surface area contributed by atoms with Crippen LogP contribution in [0.5, 0.6) is 11.5 Å². The first kappa shape index (κ1) is 49.6. The highest BCUT2D eigenvalue weighted by molar-refractivity contribution is 6.43. The molecule has 13 N–H and O–H groups in total. The van der Waals surface area contributed by atoms with E-state index in [0.29, 0.717) is 99.3 Å². The van der Waals surface area contributed by atoms with Crippen LogP contribution < -0.4 is 26.6 Å². The molecule has 1 fully saturated rings. The molecule has 2 aliphatic heterocycles. The van der Waals surface area contributed by atoms with Gasteiger partial charge in [0.15, 0.2) is 6.23 Å². The molecule has 20 nitrogen and oxygen atoms in total. The Kier molecular flexibility index (Phi) is 14.2. The van der Waals surface area contributed by atoms with Gasteiger partial charge in [0.1, 0.15) is 35.9 Å². The van der Waals surface area contributed by atoms with Gasteiger partial charge in [-0.15, -0.1) is 0 Å². The Morgan fingerprint density at radius 3 is 1.73 bits per heavy atom. The number of aliphatic hydroxyl groups excluding tert-OH is 5. The highest BCUT2D eigenvalue weighted by Gasteiger charge is 2.47. The molecule has 7 aromatic rings. The zero-order valence-corrected chi connectivity index (χ0v) is 39.3. The van der Waals surface area contributed by atoms with E-state index in [4.69, 9.17) is 42.9 Å². The number of hydrogen-bond donors (Lipinski definition) is 13. The van der Waals surface area contributed by atoms with E-state index in [1.165, 1.54) is 19.2 Å². The number of para-hydroxylation sites is 2. The van der Waals surface area contributed by atoms with Gasteiger partial charge in [0, 0.05) is 79.3 Å². The zero-order chi connectivity index (χ0) is 50.4. The van der Waals surface area contributed by atoms with Crippen LogP contribution in [0.3, 0.4) is 0 Å². The summed E-state index contributed by atoms with van der Waals surface area (Å²) in [7, 11) is 1.35. The molecule has 4 heterocycles. The number of phenols is 2. The summed E-state index contributed by atoms with van der Waals surface area (Å²) >= 11 is 13.3. The zero-order valence-electron chi connectivity index (χ0n) is 37.8. The Morgan fingerprint density at radius 1 is 0.634 bits per heavy atom. The number of rotatable bonds is 15. The minimum Gasteiger partial charge on any atom is -0.507 e. The number of imide groups is 1. The summed E-state index contributed by atoms with van der Waals surface area (Å²) in [5.74, 6) is -2.98. The second kappa shape index (κ2) is 20.4. The van der Waals surface area contributed by atoms with E-state index < -0.39 is 60.6 Å².